The second kappa shape index (κ2) is 17.3. The Bertz CT molecular complexity index is 2380. The van der Waals surface area contributed by atoms with Gasteiger partial charge in [-0.3, -0.25) is 0 Å². The van der Waals surface area contributed by atoms with Gasteiger partial charge in [0.2, 0.25) is 5.71 Å². The Morgan fingerprint density at radius 2 is 1.56 bits per heavy atom. The van der Waals surface area contributed by atoms with E-state index in [1.54, 1.807) is 0 Å². The predicted molar refractivity (Wildman–Crippen MR) is 229 cm³/mol. The van der Waals surface area contributed by atoms with Gasteiger partial charge in [-0.15, -0.1) is 54.1 Å². The summed E-state index contributed by atoms with van der Waals surface area (Å²) < 4.78 is 6.39. The molecule has 0 unspecified atom stereocenters. The standard InChI is InChI=1S/C31H29N2O.C18H24NSi.Ir/c1-19-15-20(2)29(21(3)16-19)27-12-11-25-24-9-6-10-26(30(24)34-31(25)33-27)28-18-23(13-14-32-28)17-22-7-4-5-8-22;1-14(2)11-16-12-17(15-9-7-6-8-10-15)19-13-18(16)20(3,4)5;/h6,9,11-16,18,22H,4-5,7-8,17H2,1-3H3;6-9,12-14H,11H2,1-5H3;/q2*-1;. The fraction of sp³-hybridized carbons (Fsp3) is 0.327. The molecule has 1 saturated carbocycles. The normalized spacial score (nSPS) is 13.3. The van der Waals surface area contributed by atoms with E-state index in [1.165, 1.54) is 64.3 Å². The first-order valence-corrected chi connectivity index (χ1v) is 23.2. The third kappa shape index (κ3) is 9.26. The van der Waals surface area contributed by atoms with Crippen molar-refractivity contribution < 1.29 is 24.5 Å². The van der Waals surface area contributed by atoms with E-state index < -0.39 is 8.07 Å². The molecule has 55 heavy (non-hydrogen) atoms. The van der Waals surface area contributed by atoms with Crippen molar-refractivity contribution in [3.05, 3.63) is 131 Å². The first-order valence-electron chi connectivity index (χ1n) is 19.7. The molecule has 8 rings (SSSR count). The number of aromatic nitrogens is 3. The van der Waals surface area contributed by atoms with Crippen molar-refractivity contribution in [3.63, 3.8) is 0 Å². The van der Waals surface area contributed by atoms with E-state index in [9.17, 15) is 0 Å². The molecule has 0 aliphatic heterocycles. The van der Waals surface area contributed by atoms with E-state index in [2.05, 4.69) is 137 Å². The Balaban J connectivity index is 0.000000211. The third-order valence-corrected chi connectivity index (χ3v) is 12.8. The summed E-state index contributed by atoms with van der Waals surface area (Å²) in [6, 6.07) is 34.1. The molecule has 0 N–H and O–H groups in total. The minimum atomic E-state index is -1.34. The van der Waals surface area contributed by atoms with Crippen LogP contribution in [0.15, 0.2) is 95.7 Å². The SMILES string of the molecule is CC(C)Cc1cc(-c2[c-]cccc2)ncc1[Si](C)(C)C.Cc1cc(C)c(-c2ccc3c(n2)oc2c(-c4cc(CC5CCCC5)ccn4)[c-]ccc23)c(C)c1.[Ir]. The molecule has 0 atom stereocenters. The van der Waals surface area contributed by atoms with Crippen LogP contribution < -0.4 is 5.19 Å². The monoisotopic (exact) mass is 920 g/mol. The summed E-state index contributed by atoms with van der Waals surface area (Å²) in [7, 11) is -1.34. The molecule has 1 aliphatic rings. The fourth-order valence-corrected chi connectivity index (χ4v) is 9.89. The molecule has 0 spiro atoms. The number of furan rings is 1. The molecule has 0 amide bonds. The predicted octanol–water partition coefficient (Wildman–Crippen LogP) is 12.5. The van der Waals surface area contributed by atoms with Crippen molar-refractivity contribution in [1.29, 1.82) is 0 Å². The molecule has 0 saturated heterocycles. The molecule has 1 fully saturated rings. The van der Waals surface area contributed by atoms with Crippen LogP contribution in [0.2, 0.25) is 19.6 Å². The van der Waals surface area contributed by atoms with Crippen molar-refractivity contribution in [2.24, 2.45) is 11.8 Å². The Hall–Kier alpha value is -4.22. The van der Waals surface area contributed by atoms with E-state index in [4.69, 9.17) is 9.40 Å². The number of pyridine rings is 3. The minimum absolute atomic E-state index is 0. The number of hydrogen-bond donors (Lipinski definition) is 0. The van der Waals surface area contributed by atoms with Gasteiger partial charge >= 0.3 is 0 Å². The molecule has 0 bridgehead atoms. The smallest absolute Gasteiger partial charge is 0.216 e. The molecule has 4 aromatic heterocycles. The first-order chi connectivity index (χ1) is 25.9. The van der Waals surface area contributed by atoms with Gasteiger partial charge in [0.25, 0.3) is 0 Å². The van der Waals surface area contributed by atoms with Gasteiger partial charge in [0.05, 0.1) is 19.4 Å². The van der Waals surface area contributed by atoms with Gasteiger partial charge < -0.3 is 14.4 Å². The molecule has 285 valence electrons. The van der Waals surface area contributed by atoms with Crippen LogP contribution in [0.25, 0.3) is 55.8 Å². The van der Waals surface area contributed by atoms with Crippen LogP contribution in [0, 0.1) is 44.7 Å². The molecule has 4 heterocycles. The summed E-state index contributed by atoms with van der Waals surface area (Å²) in [5.41, 5.74) is 14.1. The summed E-state index contributed by atoms with van der Waals surface area (Å²) in [6.07, 6.45) is 11.7. The van der Waals surface area contributed by atoms with Crippen LogP contribution in [-0.4, -0.2) is 23.0 Å². The van der Waals surface area contributed by atoms with Crippen LogP contribution in [0.1, 0.15) is 67.3 Å². The van der Waals surface area contributed by atoms with E-state index in [1.807, 2.05) is 30.5 Å². The molecule has 6 heteroatoms. The Morgan fingerprint density at radius 3 is 2.25 bits per heavy atom. The van der Waals surface area contributed by atoms with Crippen molar-refractivity contribution in [2.75, 3.05) is 0 Å². The maximum absolute atomic E-state index is 6.39. The Kier molecular flexibility index (Phi) is 12.7. The van der Waals surface area contributed by atoms with Crippen molar-refractivity contribution in [3.8, 4) is 33.8 Å². The van der Waals surface area contributed by atoms with Gasteiger partial charge in [-0.2, -0.15) is 0 Å². The van der Waals surface area contributed by atoms with Gasteiger partial charge in [-0.05, 0) is 91.3 Å². The third-order valence-electron chi connectivity index (χ3n) is 10.7. The van der Waals surface area contributed by atoms with Gasteiger partial charge in [0.1, 0.15) is 0 Å². The molecular formula is C49H53IrN3OSi-2. The zero-order chi connectivity index (χ0) is 38.0. The van der Waals surface area contributed by atoms with Crippen molar-refractivity contribution in [2.45, 2.75) is 92.8 Å². The molecule has 7 aromatic rings. The Labute approximate surface area is 342 Å². The average Bonchev–Trinajstić information content (AvgIpc) is 3.79. The largest absolute Gasteiger partial charge is 0.486 e. The topological polar surface area (TPSA) is 51.8 Å². The van der Waals surface area contributed by atoms with Crippen molar-refractivity contribution >= 4 is 35.3 Å². The van der Waals surface area contributed by atoms with Crippen LogP contribution in [0.5, 0.6) is 0 Å². The second-order valence-corrected chi connectivity index (χ2v) is 21.8. The summed E-state index contributed by atoms with van der Waals surface area (Å²) in [5.74, 6) is 1.47. The van der Waals surface area contributed by atoms with Gasteiger partial charge in [-0.1, -0.05) is 111 Å². The number of hydrogen-bond acceptors (Lipinski definition) is 4. The van der Waals surface area contributed by atoms with Crippen LogP contribution >= 0.6 is 0 Å². The Morgan fingerprint density at radius 1 is 0.800 bits per heavy atom. The van der Waals surface area contributed by atoms with E-state index >= 15 is 0 Å². The van der Waals surface area contributed by atoms with Crippen molar-refractivity contribution in [1.82, 2.24) is 15.0 Å². The minimum Gasteiger partial charge on any atom is -0.486 e. The maximum atomic E-state index is 6.39. The van der Waals surface area contributed by atoms with E-state index in [-0.39, 0.29) is 20.1 Å². The fourth-order valence-electron chi connectivity index (χ4n) is 8.30. The van der Waals surface area contributed by atoms with Crippen LogP contribution in [-0.2, 0) is 32.9 Å². The van der Waals surface area contributed by atoms with Gasteiger partial charge in [-0.25, -0.2) is 4.98 Å². The zero-order valence-electron chi connectivity index (χ0n) is 33.6. The molecule has 1 radical (unpaired) electrons. The second-order valence-electron chi connectivity index (χ2n) is 16.8. The zero-order valence-corrected chi connectivity index (χ0v) is 37.0. The van der Waals surface area contributed by atoms with Crippen LogP contribution in [0.3, 0.4) is 0 Å². The molecule has 4 nitrogen and oxygen atoms in total. The number of rotatable bonds is 8. The number of benzene rings is 3. The summed E-state index contributed by atoms with van der Waals surface area (Å²) >= 11 is 0. The number of nitrogens with zero attached hydrogens (tertiary/aromatic N) is 3. The summed E-state index contributed by atoms with van der Waals surface area (Å²) in [6.45, 7) is 18.2. The molecule has 1 aliphatic carbocycles. The average molecular weight is 920 g/mol. The molecular weight excluding hydrogens is 867 g/mol. The van der Waals surface area contributed by atoms with E-state index in [0.29, 0.717) is 11.6 Å². The van der Waals surface area contributed by atoms with Crippen LogP contribution in [0.4, 0.5) is 0 Å². The van der Waals surface area contributed by atoms with Gasteiger partial charge in [0, 0.05) is 43.4 Å². The molecule has 3 aromatic carbocycles. The number of fused-ring (bicyclic) bond motifs is 3. The summed E-state index contributed by atoms with van der Waals surface area (Å²) in [4.78, 5) is 14.3. The number of aryl methyl sites for hydroxylation is 3. The van der Waals surface area contributed by atoms with E-state index in [0.717, 1.165) is 63.3 Å². The quantitative estimate of drug-likeness (QED) is 0.113. The maximum Gasteiger partial charge on any atom is 0.216 e. The summed E-state index contributed by atoms with van der Waals surface area (Å²) in [5, 5.41) is 3.58. The first kappa shape index (κ1) is 40.4. The van der Waals surface area contributed by atoms with Gasteiger partial charge in [0.15, 0.2) is 0 Å².